The molecule has 1 fully saturated rings. The third-order valence-corrected chi connectivity index (χ3v) is 4.15. The fraction of sp³-hybridized carbons (Fsp3) is 0.611. The van der Waals surface area contributed by atoms with E-state index in [-0.39, 0.29) is 35.9 Å². The average molecular weight is 338 g/mol. The van der Waals surface area contributed by atoms with E-state index in [1.165, 1.54) is 6.07 Å². The van der Waals surface area contributed by atoms with Crippen LogP contribution in [0.3, 0.4) is 0 Å². The van der Waals surface area contributed by atoms with Gasteiger partial charge in [0.05, 0.1) is 6.04 Å². The van der Waals surface area contributed by atoms with Gasteiger partial charge in [0, 0.05) is 19.3 Å². The minimum Gasteiger partial charge on any atom is -0.488 e. The SMILES string of the molecule is CC(C)(C)C(COc1ccccc1F)NC(=O)NC1CCOCC1. The quantitative estimate of drug-likeness (QED) is 0.867. The van der Waals surface area contributed by atoms with Crippen LogP contribution in [0.5, 0.6) is 5.75 Å². The number of ether oxygens (including phenoxy) is 2. The van der Waals surface area contributed by atoms with Crippen molar-refractivity contribution in [2.24, 2.45) is 5.41 Å². The molecule has 6 heteroatoms. The van der Waals surface area contributed by atoms with Gasteiger partial charge in [-0.2, -0.15) is 0 Å². The second-order valence-electron chi connectivity index (χ2n) is 7.16. The van der Waals surface area contributed by atoms with Crippen LogP contribution in [0.2, 0.25) is 0 Å². The summed E-state index contributed by atoms with van der Waals surface area (Å²) in [5.74, 6) is -0.213. The second-order valence-corrected chi connectivity index (χ2v) is 7.16. The molecule has 0 radical (unpaired) electrons. The molecule has 2 amide bonds. The van der Waals surface area contributed by atoms with Crippen LogP contribution in [0, 0.1) is 11.2 Å². The van der Waals surface area contributed by atoms with E-state index in [1.54, 1.807) is 18.2 Å². The number of para-hydroxylation sites is 1. The first-order chi connectivity index (χ1) is 11.4. The Morgan fingerprint density at radius 1 is 1.33 bits per heavy atom. The molecule has 1 aromatic carbocycles. The normalized spacial score (nSPS) is 17.2. The summed E-state index contributed by atoms with van der Waals surface area (Å²) in [5, 5.41) is 5.93. The summed E-state index contributed by atoms with van der Waals surface area (Å²) in [4.78, 5) is 12.3. The van der Waals surface area contributed by atoms with E-state index in [4.69, 9.17) is 9.47 Å². The number of urea groups is 1. The van der Waals surface area contributed by atoms with Crippen molar-refractivity contribution in [3.8, 4) is 5.75 Å². The molecule has 5 nitrogen and oxygen atoms in total. The van der Waals surface area contributed by atoms with Gasteiger partial charge in [0.25, 0.3) is 0 Å². The lowest BCUT2D eigenvalue weighted by Crippen LogP contribution is -2.53. The van der Waals surface area contributed by atoms with Gasteiger partial charge in [-0.05, 0) is 30.4 Å². The first-order valence-electron chi connectivity index (χ1n) is 8.38. The number of benzene rings is 1. The summed E-state index contributed by atoms with van der Waals surface area (Å²) < 4.78 is 24.5. The van der Waals surface area contributed by atoms with Crippen LogP contribution in [-0.2, 0) is 4.74 Å². The average Bonchev–Trinajstić information content (AvgIpc) is 2.52. The summed E-state index contributed by atoms with van der Waals surface area (Å²) in [6.45, 7) is 7.57. The fourth-order valence-electron chi connectivity index (χ4n) is 2.47. The Kier molecular flexibility index (Phi) is 6.43. The summed E-state index contributed by atoms with van der Waals surface area (Å²) >= 11 is 0. The van der Waals surface area contributed by atoms with Gasteiger partial charge in [-0.3, -0.25) is 0 Å². The summed E-state index contributed by atoms with van der Waals surface area (Å²) in [6.07, 6.45) is 1.64. The first-order valence-corrected chi connectivity index (χ1v) is 8.38. The van der Waals surface area contributed by atoms with Crippen LogP contribution in [0.25, 0.3) is 0 Å². The van der Waals surface area contributed by atoms with E-state index >= 15 is 0 Å². The fourth-order valence-corrected chi connectivity index (χ4v) is 2.47. The minimum absolute atomic E-state index is 0.131. The van der Waals surface area contributed by atoms with Crippen molar-refractivity contribution in [1.29, 1.82) is 0 Å². The van der Waals surface area contributed by atoms with Crippen molar-refractivity contribution in [3.05, 3.63) is 30.1 Å². The van der Waals surface area contributed by atoms with Crippen molar-refractivity contribution in [2.75, 3.05) is 19.8 Å². The predicted octanol–water partition coefficient (Wildman–Crippen LogP) is 3.10. The Labute approximate surface area is 142 Å². The number of hydrogen-bond acceptors (Lipinski definition) is 3. The topological polar surface area (TPSA) is 59.6 Å². The Morgan fingerprint density at radius 3 is 2.62 bits per heavy atom. The van der Waals surface area contributed by atoms with Crippen molar-refractivity contribution >= 4 is 6.03 Å². The third kappa shape index (κ3) is 5.67. The number of carbonyl (C=O) groups is 1. The van der Waals surface area contributed by atoms with E-state index < -0.39 is 5.82 Å². The van der Waals surface area contributed by atoms with Crippen LogP contribution >= 0.6 is 0 Å². The van der Waals surface area contributed by atoms with Crippen molar-refractivity contribution in [2.45, 2.75) is 45.7 Å². The number of halogens is 1. The smallest absolute Gasteiger partial charge is 0.315 e. The van der Waals surface area contributed by atoms with Gasteiger partial charge in [0.15, 0.2) is 11.6 Å². The molecular formula is C18H27FN2O3. The number of amides is 2. The molecule has 1 aromatic rings. The van der Waals surface area contributed by atoms with Crippen LogP contribution < -0.4 is 15.4 Å². The van der Waals surface area contributed by atoms with Crippen molar-refractivity contribution in [3.63, 3.8) is 0 Å². The highest BCUT2D eigenvalue weighted by Gasteiger charge is 2.28. The van der Waals surface area contributed by atoms with Gasteiger partial charge >= 0.3 is 6.03 Å². The molecule has 0 aliphatic carbocycles. The van der Waals surface area contributed by atoms with E-state index in [9.17, 15) is 9.18 Å². The van der Waals surface area contributed by atoms with Crippen LogP contribution in [-0.4, -0.2) is 37.9 Å². The van der Waals surface area contributed by atoms with Gasteiger partial charge < -0.3 is 20.1 Å². The van der Waals surface area contributed by atoms with Gasteiger partial charge in [-0.25, -0.2) is 9.18 Å². The van der Waals surface area contributed by atoms with Crippen molar-refractivity contribution in [1.82, 2.24) is 10.6 Å². The maximum Gasteiger partial charge on any atom is 0.315 e. The van der Waals surface area contributed by atoms with Crippen LogP contribution in [0.1, 0.15) is 33.6 Å². The maximum absolute atomic E-state index is 13.7. The zero-order valence-corrected chi connectivity index (χ0v) is 14.6. The zero-order valence-electron chi connectivity index (χ0n) is 14.6. The summed E-state index contributed by atoms with van der Waals surface area (Å²) in [6, 6.07) is 5.92. The Morgan fingerprint density at radius 2 is 2.00 bits per heavy atom. The molecular weight excluding hydrogens is 311 g/mol. The van der Waals surface area contributed by atoms with E-state index in [2.05, 4.69) is 10.6 Å². The van der Waals surface area contributed by atoms with Crippen LogP contribution in [0.4, 0.5) is 9.18 Å². The molecule has 1 atom stereocenters. The Bertz CT molecular complexity index is 539. The highest BCUT2D eigenvalue weighted by Crippen LogP contribution is 2.22. The lowest BCUT2D eigenvalue weighted by atomic mass is 9.87. The Balaban J connectivity index is 1.90. The number of nitrogens with one attached hydrogen (secondary N) is 2. The highest BCUT2D eigenvalue weighted by molar-refractivity contribution is 5.74. The maximum atomic E-state index is 13.7. The second kappa shape index (κ2) is 8.33. The van der Waals surface area contributed by atoms with Gasteiger partial charge in [0.2, 0.25) is 0 Å². The number of rotatable bonds is 5. The largest absolute Gasteiger partial charge is 0.488 e. The monoisotopic (exact) mass is 338 g/mol. The van der Waals surface area contributed by atoms with E-state index in [0.29, 0.717) is 13.2 Å². The highest BCUT2D eigenvalue weighted by atomic mass is 19.1. The lowest BCUT2D eigenvalue weighted by Gasteiger charge is -2.32. The zero-order chi connectivity index (χ0) is 17.6. The molecule has 1 saturated heterocycles. The first kappa shape index (κ1) is 18.5. The molecule has 1 aliphatic heterocycles. The molecule has 0 saturated carbocycles. The minimum atomic E-state index is -0.406. The molecule has 0 spiro atoms. The van der Waals surface area contributed by atoms with E-state index in [0.717, 1.165) is 12.8 Å². The molecule has 0 aromatic heterocycles. The van der Waals surface area contributed by atoms with E-state index in [1.807, 2.05) is 20.8 Å². The molecule has 2 rings (SSSR count). The number of hydrogen-bond donors (Lipinski definition) is 2. The van der Waals surface area contributed by atoms with Gasteiger partial charge in [0.1, 0.15) is 6.61 Å². The third-order valence-electron chi connectivity index (χ3n) is 4.15. The molecule has 24 heavy (non-hydrogen) atoms. The molecule has 0 bridgehead atoms. The molecule has 1 unspecified atom stereocenters. The lowest BCUT2D eigenvalue weighted by molar-refractivity contribution is 0.0793. The standard InChI is InChI=1S/C18H27FN2O3/c1-18(2,3)16(12-24-15-7-5-4-6-14(15)19)21-17(22)20-13-8-10-23-11-9-13/h4-7,13,16H,8-12H2,1-3H3,(H2,20,21,22). The number of carbonyl (C=O) groups excluding carboxylic acids is 1. The van der Waals surface area contributed by atoms with Crippen molar-refractivity contribution < 1.29 is 18.7 Å². The van der Waals surface area contributed by atoms with Crippen LogP contribution in [0.15, 0.2) is 24.3 Å². The molecule has 1 aliphatic rings. The van der Waals surface area contributed by atoms with Gasteiger partial charge in [-0.15, -0.1) is 0 Å². The molecule has 2 N–H and O–H groups in total. The summed E-state index contributed by atoms with van der Waals surface area (Å²) in [7, 11) is 0. The predicted molar refractivity (Wildman–Crippen MR) is 90.6 cm³/mol. The summed E-state index contributed by atoms with van der Waals surface area (Å²) in [5.41, 5.74) is -0.224. The molecule has 1 heterocycles. The Hall–Kier alpha value is -1.82. The molecule has 134 valence electrons. The van der Waals surface area contributed by atoms with Gasteiger partial charge in [-0.1, -0.05) is 32.9 Å².